The van der Waals surface area contributed by atoms with E-state index in [4.69, 9.17) is 0 Å². The number of allylic oxidation sites excluding steroid dienone is 1. The second-order valence-corrected chi connectivity index (χ2v) is 6.37. The third-order valence-corrected chi connectivity index (χ3v) is 5.46. The van der Waals surface area contributed by atoms with E-state index < -0.39 is 0 Å². The van der Waals surface area contributed by atoms with E-state index in [2.05, 4.69) is 49.4 Å². The average Bonchev–Trinajstić information content (AvgIpc) is 2.20. The Morgan fingerprint density at radius 1 is 1.57 bits per heavy atom. The summed E-state index contributed by atoms with van der Waals surface area (Å²) < 4.78 is 0. The lowest BCUT2D eigenvalue weighted by Gasteiger charge is -2.29. The fourth-order valence-corrected chi connectivity index (χ4v) is 4.62. The molecule has 0 aromatic rings. The Bertz CT molecular complexity index is 176. The van der Waals surface area contributed by atoms with Gasteiger partial charge in [-0.2, -0.15) is 23.5 Å². The summed E-state index contributed by atoms with van der Waals surface area (Å²) in [5.74, 6) is 3.96. The maximum Gasteiger partial charge on any atom is 0.0291 e. The summed E-state index contributed by atoms with van der Waals surface area (Å²) in [5, 5.41) is 4.26. The van der Waals surface area contributed by atoms with E-state index in [0.717, 1.165) is 11.7 Å². The summed E-state index contributed by atoms with van der Waals surface area (Å²) in [6.45, 7) is 6.09. The van der Waals surface area contributed by atoms with E-state index in [1.54, 1.807) is 0 Å². The van der Waals surface area contributed by atoms with Crippen molar-refractivity contribution in [3.63, 3.8) is 0 Å². The van der Waals surface area contributed by atoms with Crippen LogP contribution in [0.2, 0.25) is 0 Å². The Morgan fingerprint density at radius 3 is 2.86 bits per heavy atom. The van der Waals surface area contributed by atoms with Crippen LogP contribution < -0.4 is 5.32 Å². The van der Waals surface area contributed by atoms with Gasteiger partial charge in [0, 0.05) is 28.6 Å². The Labute approximate surface area is 96.5 Å². The largest absolute Gasteiger partial charge is 0.316 e. The highest BCUT2D eigenvalue weighted by Gasteiger charge is 2.22. The zero-order valence-electron chi connectivity index (χ0n) is 9.21. The van der Waals surface area contributed by atoms with Gasteiger partial charge in [0.25, 0.3) is 0 Å². The second-order valence-electron chi connectivity index (χ2n) is 3.88. The summed E-state index contributed by atoms with van der Waals surface area (Å²) in [5.41, 5.74) is 1.30. The molecule has 14 heavy (non-hydrogen) atoms. The van der Waals surface area contributed by atoms with Crippen molar-refractivity contribution in [1.29, 1.82) is 0 Å². The maximum absolute atomic E-state index is 3.97. The quantitative estimate of drug-likeness (QED) is 0.731. The fraction of sp³-hybridized carbons (Fsp3) is 0.818. The molecule has 1 nitrogen and oxygen atoms in total. The van der Waals surface area contributed by atoms with Crippen LogP contribution in [0.1, 0.15) is 19.8 Å². The first-order valence-corrected chi connectivity index (χ1v) is 7.45. The molecule has 0 aromatic heterocycles. The third kappa shape index (κ3) is 4.28. The standard InChI is InChI=1S/C11H21NS2/c1-9(2)4-5-10(12-3)11-8-13-6-7-14-11/h10-12H,1,4-8H2,2-3H3. The van der Waals surface area contributed by atoms with E-state index in [1.807, 2.05) is 0 Å². The molecule has 0 amide bonds. The minimum absolute atomic E-state index is 0.671. The molecule has 1 rings (SSSR count). The topological polar surface area (TPSA) is 12.0 Å². The van der Waals surface area contributed by atoms with Crippen molar-refractivity contribution < 1.29 is 0 Å². The van der Waals surface area contributed by atoms with Crippen LogP contribution in [0.3, 0.4) is 0 Å². The first-order valence-electron chi connectivity index (χ1n) is 5.25. The van der Waals surface area contributed by atoms with Crippen molar-refractivity contribution in [3.8, 4) is 0 Å². The Kier molecular flexibility index (Phi) is 6.06. The highest BCUT2D eigenvalue weighted by Crippen LogP contribution is 2.28. The Balaban J connectivity index is 2.31. The number of thioether (sulfide) groups is 2. The lowest BCUT2D eigenvalue weighted by molar-refractivity contribution is 0.520. The SMILES string of the molecule is C=C(C)CCC(NC)C1CSCCS1. The van der Waals surface area contributed by atoms with Gasteiger partial charge in [-0.3, -0.25) is 0 Å². The summed E-state index contributed by atoms with van der Waals surface area (Å²) in [4.78, 5) is 0. The van der Waals surface area contributed by atoms with Crippen LogP contribution in [-0.2, 0) is 0 Å². The van der Waals surface area contributed by atoms with Crippen LogP contribution in [0.15, 0.2) is 12.2 Å². The van der Waals surface area contributed by atoms with Crippen molar-refractivity contribution >= 4 is 23.5 Å². The van der Waals surface area contributed by atoms with Gasteiger partial charge in [-0.1, -0.05) is 5.57 Å². The summed E-state index contributed by atoms with van der Waals surface area (Å²) in [6, 6.07) is 0.671. The zero-order chi connectivity index (χ0) is 10.4. The Hall–Kier alpha value is 0.400. The van der Waals surface area contributed by atoms with Crippen molar-refractivity contribution in [1.82, 2.24) is 5.32 Å². The molecule has 0 aromatic carbocycles. The molecule has 0 bridgehead atoms. The normalized spacial score (nSPS) is 24.6. The van der Waals surface area contributed by atoms with Crippen LogP contribution in [0, 0.1) is 0 Å². The first kappa shape index (κ1) is 12.5. The highest BCUT2D eigenvalue weighted by molar-refractivity contribution is 8.06. The fourth-order valence-electron chi connectivity index (χ4n) is 1.66. The molecule has 3 heteroatoms. The van der Waals surface area contributed by atoms with Gasteiger partial charge in [-0.15, -0.1) is 6.58 Å². The van der Waals surface area contributed by atoms with Crippen LogP contribution >= 0.6 is 23.5 Å². The predicted molar refractivity (Wildman–Crippen MR) is 70.5 cm³/mol. The average molecular weight is 231 g/mol. The van der Waals surface area contributed by atoms with Crippen molar-refractivity contribution in [3.05, 3.63) is 12.2 Å². The number of hydrogen-bond donors (Lipinski definition) is 1. The molecule has 0 saturated carbocycles. The first-order chi connectivity index (χ1) is 6.74. The molecular formula is C11H21NS2. The molecule has 0 spiro atoms. The molecule has 2 atom stereocenters. The zero-order valence-corrected chi connectivity index (χ0v) is 10.8. The molecule has 1 fully saturated rings. The van der Waals surface area contributed by atoms with E-state index in [1.165, 1.54) is 29.3 Å². The smallest absolute Gasteiger partial charge is 0.0291 e. The van der Waals surface area contributed by atoms with Crippen molar-refractivity contribution in [2.45, 2.75) is 31.1 Å². The van der Waals surface area contributed by atoms with E-state index in [-0.39, 0.29) is 0 Å². The minimum Gasteiger partial charge on any atom is -0.316 e. The lowest BCUT2D eigenvalue weighted by Crippen LogP contribution is -2.38. The summed E-state index contributed by atoms with van der Waals surface area (Å²) in [6.07, 6.45) is 2.40. The molecule has 82 valence electrons. The molecule has 1 saturated heterocycles. The summed E-state index contributed by atoms with van der Waals surface area (Å²) >= 11 is 4.23. The number of hydrogen-bond acceptors (Lipinski definition) is 3. The van der Waals surface area contributed by atoms with Gasteiger partial charge in [-0.25, -0.2) is 0 Å². The second kappa shape index (κ2) is 6.81. The Morgan fingerprint density at radius 2 is 2.36 bits per heavy atom. The van der Waals surface area contributed by atoms with Gasteiger partial charge in [0.15, 0.2) is 0 Å². The molecule has 0 aliphatic carbocycles. The molecular weight excluding hydrogens is 210 g/mol. The minimum atomic E-state index is 0.671. The lowest BCUT2D eigenvalue weighted by atomic mass is 10.1. The van der Waals surface area contributed by atoms with Crippen molar-refractivity contribution in [2.24, 2.45) is 0 Å². The van der Waals surface area contributed by atoms with Crippen LogP contribution in [0.25, 0.3) is 0 Å². The van der Waals surface area contributed by atoms with E-state index >= 15 is 0 Å². The molecule has 1 aliphatic heterocycles. The molecule has 1 N–H and O–H groups in total. The van der Waals surface area contributed by atoms with Gasteiger partial charge in [0.05, 0.1) is 0 Å². The number of rotatable bonds is 5. The van der Waals surface area contributed by atoms with Gasteiger partial charge >= 0.3 is 0 Å². The van der Waals surface area contributed by atoms with Gasteiger partial charge < -0.3 is 5.32 Å². The molecule has 1 heterocycles. The molecule has 1 aliphatic rings. The van der Waals surface area contributed by atoms with Crippen LogP contribution in [-0.4, -0.2) is 35.6 Å². The third-order valence-electron chi connectivity index (χ3n) is 2.54. The van der Waals surface area contributed by atoms with Gasteiger partial charge in [0.1, 0.15) is 0 Å². The van der Waals surface area contributed by atoms with Gasteiger partial charge in [0.2, 0.25) is 0 Å². The highest BCUT2D eigenvalue weighted by atomic mass is 32.2. The van der Waals surface area contributed by atoms with E-state index in [0.29, 0.717) is 6.04 Å². The van der Waals surface area contributed by atoms with Gasteiger partial charge in [-0.05, 0) is 26.8 Å². The summed E-state index contributed by atoms with van der Waals surface area (Å²) in [7, 11) is 2.09. The monoisotopic (exact) mass is 231 g/mol. The van der Waals surface area contributed by atoms with Crippen molar-refractivity contribution in [2.75, 3.05) is 24.3 Å². The molecule has 0 radical (unpaired) electrons. The van der Waals surface area contributed by atoms with Crippen LogP contribution in [0.4, 0.5) is 0 Å². The predicted octanol–water partition coefficient (Wildman–Crippen LogP) is 2.78. The maximum atomic E-state index is 3.97. The molecule has 2 unspecified atom stereocenters. The number of nitrogens with one attached hydrogen (secondary N) is 1. The van der Waals surface area contributed by atoms with E-state index in [9.17, 15) is 0 Å². The van der Waals surface area contributed by atoms with Crippen LogP contribution in [0.5, 0.6) is 0 Å².